The SMILES string of the molecule is Cc1ccc(NC(=O)c2ccc(=O)n(C)n2)cc1[N+](=O)[O-]. The van der Waals surface area contributed by atoms with E-state index in [4.69, 9.17) is 0 Å². The van der Waals surface area contributed by atoms with Gasteiger partial charge in [-0.2, -0.15) is 5.10 Å². The monoisotopic (exact) mass is 288 g/mol. The summed E-state index contributed by atoms with van der Waals surface area (Å²) < 4.78 is 1.03. The van der Waals surface area contributed by atoms with Crippen molar-refractivity contribution < 1.29 is 9.72 Å². The van der Waals surface area contributed by atoms with Crippen molar-refractivity contribution in [2.75, 3.05) is 5.32 Å². The molecule has 0 saturated carbocycles. The van der Waals surface area contributed by atoms with Crippen LogP contribution in [-0.4, -0.2) is 20.6 Å². The minimum absolute atomic E-state index is 0.0420. The predicted octanol–water partition coefficient (Wildman–Crippen LogP) is 1.25. The molecule has 0 bridgehead atoms. The number of nitro groups is 1. The summed E-state index contributed by atoms with van der Waals surface area (Å²) in [6.07, 6.45) is 0. The number of hydrogen-bond acceptors (Lipinski definition) is 5. The highest BCUT2D eigenvalue weighted by molar-refractivity contribution is 6.02. The van der Waals surface area contributed by atoms with Crippen molar-refractivity contribution in [1.82, 2.24) is 9.78 Å². The fraction of sp³-hybridized carbons (Fsp3) is 0.154. The number of nitrogens with one attached hydrogen (secondary N) is 1. The van der Waals surface area contributed by atoms with E-state index >= 15 is 0 Å². The molecule has 0 saturated heterocycles. The average Bonchev–Trinajstić information content (AvgIpc) is 2.43. The Labute approximate surface area is 119 Å². The van der Waals surface area contributed by atoms with Crippen LogP contribution in [-0.2, 0) is 7.05 Å². The Morgan fingerprint density at radius 2 is 2.05 bits per heavy atom. The van der Waals surface area contributed by atoms with Gasteiger partial charge in [-0.1, -0.05) is 6.07 Å². The highest BCUT2D eigenvalue weighted by Crippen LogP contribution is 2.22. The number of carbonyl (C=O) groups excluding carboxylic acids is 1. The van der Waals surface area contributed by atoms with E-state index in [2.05, 4.69) is 10.4 Å². The summed E-state index contributed by atoms with van der Waals surface area (Å²) in [6, 6.07) is 6.89. The van der Waals surface area contributed by atoms with Gasteiger partial charge in [0, 0.05) is 30.4 Å². The van der Waals surface area contributed by atoms with Gasteiger partial charge in [-0.15, -0.1) is 0 Å². The van der Waals surface area contributed by atoms with Gasteiger partial charge in [-0.25, -0.2) is 4.68 Å². The summed E-state index contributed by atoms with van der Waals surface area (Å²) >= 11 is 0. The minimum atomic E-state index is -0.552. The summed E-state index contributed by atoms with van der Waals surface area (Å²) in [6.45, 7) is 1.61. The van der Waals surface area contributed by atoms with E-state index < -0.39 is 10.8 Å². The Kier molecular flexibility index (Phi) is 3.79. The molecule has 0 atom stereocenters. The second-order valence-electron chi connectivity index (χ2n) is 4.39. The first kappa shape index (κ1) is 14.4. The van der Waals surface area contributed by atoms with E-state index in [1.165, 1.54) is 25.2 Å². The van der Waals surface area contributed by atoms with Crippen LogP contribution in [0.15, 0.2) is 35.1 Å². The highest BCUT2D eigenvalue weighted by Gasteiger charge is 2.14. The number of aryl methyl sites for hydroxylation is 2. The first-order valence-corrected chi connectivity index (χ1v) is 5.99. The van der Waals surface area contributed by atoms with Gasteiger partial charge in [0.05, 0.1) is 4.92 Å². The first-order valence-electron chi connectivity index (χ1n) is 5.99. The Morgan fingerprint density at radius 1 is 1.33 bits per heavy atom. The Balaban J connectivity index is 2.27. The lowest BCUT2D eigenvalue weighted by molar-refractivity contribution is -0.385. The Bertz CT molecular complexity index is 782. The van der Waals surface area contributed by atoms with Gasteiger partial charge >= 0.3 is 0 Å². The summed E-state index contributed by atoms with van der Waals surface area (Å²) in [5.41, 5.74) is 0.408. The van der Waals surface area contributed by atoms with Gasteiger partial charge in [0.15, 0.2) is 0 Å². The molecule has 0 radical (unpaired) electrons. The maximum atomic E-state index is 12.0. The number of benzene rings is 1. The standard InChI is InChI=1S/C13H12N4O4/c1-8-3-4-9(7-11(8)17(20)21)14-13(19)10-5-6-12(18)16(2)15-10/h3-7H,1-2H3,(H,14,19). The lowest BCUT2D eigenvalue weighted by Crippen LogP contribution is -2.23. The molecule has 0 fully saturated rings. The molecule has 0 aliphatic carbocycles. The van der Waals surface area contributed by atoms with Gasteiger partial charge in [0.2, 0.25) is 0 Å². The zero-order valence-electron chi connectivity index (χ0n) is 11.4. The number of hydrogen-bond donors (Lipinski definition) is 1. The third-order valence-corrected chi connectivity index (χ3v) is 2.86. The molecule has 21 heavy (non-hydrogen) atoms. The average molecular weight is 288 g/mol. The molecule has 2 aromatic rings. The zero-order chi connectivity index (χ0) is 15.6. The summed E-state index contributed by atoms with van der Waals surface area (Å²) in [5.74, 6) is -0.552. The number of nitrogens with zero attached hydrogens (tertiary/aromatic N) is 3. The molecule has 8 nitrogen and oxygen atoms in total. The maximum absolute atomic E-state index is 12.0. The molecule has 1 heterocycles. The number of anilines is 1. The molecule has 0 aliphatic heterocycles. The highest BCUT2D eigenvalue weighted by atomic mass is 16.6. The molecule has 8 heteroatoms. The predicted molar refractivity (Wildman–Crippen MR) is 75.3 cm³/mol. The summed E-state index contributed by atoms with van der Waals surface area (Å²) in [7, 11) is 1.43. The number of amides is 1. The molecule has 0 aliphatic rings. The van der Waals surface area contributed by atoms with Crippen LogP contribution in [0.3, 0.4) is 0 Å². The van der Waals surface area contributed by atoms with Crippen molar-refractivity contribution in [3.05, 3.63) is 62.1 Å². The van der Waals surface area contributed by atoms with Crippen molar-refractivity contribution in [3.8, 4) is 0 Å². The third kappa shape index (κ3) is 3.11. The van der Waals surface area contributed by atoms with Gasteiger partial charge < -0.3 is 5.32 Å². The molecule has 1 amide bonds. The Morgan fingerprint density at radius 3 is 2.67 bits per heavy atom. The number of nitro benzene ring substituents is 1. The van der Waals surface area contributed by atoms with Crippen molar-refractivity contribution >= 4 is 17.3 Å². The van der Waals surface area contributed by atoms with E-state index in [-0.39, 0.29) is 22.6 Å². The van der Waals surface area contributed by atoms with Crippen molar-refractivity contribution in [2.45, 2.75) is 6.92 Å². The smallest absolute Gasteiger partial charge is 0.276 e. The summed E-state index contributed by atoms with van der Waals surface area (Å²) in [4.78, 5) is 33.5. The van der Waals surface area contributed by atoms with Crippen LogP contribution in [0.5, 0.6) is 0 Å². The molecule has 1 aromatic carbocycles. The van der Waals surface area contributed by atoms with Crippen LogP contribution >= 0.6 is 0 Å². The molecule has 1 aromatic heterocycles. The van der Waals surface area contributed by atoms with Crippen LogP contribution in [0.4, 0.5) is 11.4 Å². The van der Waals surface area contributed by atoms with Gasteiger partial charge in [-0.3, -0.25) is 19.7 Å². The first-order chi connectivity index (χ1) is 9.88. The van der Waals surface area contributed by atoms with E-state index in [0.29, 0.717) is 5.56 Å². The molecular weight excluding hydrogens is 276 g/mol. The van der Waals surface area contributed by atoms with Gasteiger partial charge in [0.1, 0.15) is 5.69 Å². The van der Waals surface area contributed by atoms with E-state index in [1.807, 2.05) is 0 Å². The lowest BCUT2D eigenvalue weighted by Gasteiger charge is -2.06. The second kappa shape index (κ2) is 5.53. The van der Waals surface area contributed by atoms with Crippen LogP contribution < -0.4 is 10.9 Å². The van der Waals surface area contributed by atoms with Crippen LogP contribution in [0.25, 0.3) is 0 Å². The van der Waals surface area contributed by atoms with E-state index in [0.717, 1.165) is 4.68 Å². The third-order valence-electron chi connectivity index (χ3n) is 2.86. The fourth-order valence-corrected chi connectivity index (χ4v) is 1.70. The molecule has 108 valence electrons. The van der Waals surface area contributed by atoms with Crippen molar-refractivity contribution in [1.29, 1.82) is 0 Å². The van der Waals surface area contributed by atoms with E-state index in [1.54, 1.807) is 19.1 Å². The molecule has 0 spiro atoms. The molecule has 2 rings (SSSR count). The van der Waals surface area contributed by atoms with Gasteiger partial charge in [-0.05, 0) is 19.1 Å². The maximum Gasteiger partial charge on any atom is 0.276 e. The van der Waals surface area contributed by atoms with Gasteiger partial charge in [0.25, 0.3) is 17.2 Å². The second-order valence-corrected chi connectivity index (χ2v) is 4.39. The number of rotatable bonds is 3. The molecular formula is C13H12N4O4. The topological polar surface area (TPSA) is 107 Å². The molecule has 1 N–H and O–H groups in total. The number of carbonyl (C=O) groups is 1. The van der Waals surface area contributed by atoms with E-state index in [9.17, 15) is 19.7 Å². The number of aromatic nitrogens is 2. The van der Waals surface area contributed by atoms with Crippen LogP contribution in [0.2, 0.25) is 0 Å². The Hall–Kier alpha value is -3.03. The van der Waals surface area contributed by atoms with Crippen LogP contribution in [0.1, 0.15) is 16.1 Å². The van der Waals surface area contributed by atoms with Crippen molar-refractivity contribution in [2.24, 2.45) is 7.05 Å². The van der Waals surface area contributed by atoms with Crippen LogP contribution in [0, 0.1) is 17.0 Å². The zero-order valence-corrected chi connectivity index (χ0v) is 11.4. The molecule has 0 unspecified atom stereocenters. The quantitative estimate of drug-likeness (QED) is 0.675. The summed E-state index contributed by atoms with van der Waals surface area (Å²) in [5, 5.41) is 17.2. The minimum Gasteiger partial charge on any atom is -0.320 e. The van der Waals surface area contributed by atoms with Crippen molar-refractivity contribution in [3.63, 3.8) is 0 Å². The normalized spacial score (nSPS) is 10.2. The fourth-order valence-electron chi connectivity index (χ4n) is 1.70. The lowest BCUT2D eigenvalue weighted by atomic mass is 10.2. The largest absolute Gasteiger partial charge is 0.320 e.